The third-order valence-corrected chi connectivity index (χ3v) is 4.01. The predicted octanol–water partition coefficient (Wildman–Crippen LogP) is 2.77. The highest BCUT2D eigenvalue weighted by Crippen LogP contribution is 2.15. The lowest BCUT2D eigenvalue weighted by molar-refractivity contribution is 0.169. The third kappa shape index (κ3) is 4.63. The first-order valence-corrected chi connectivity index (χ1v) is 7.62. The van der Waals surface area contributed by atoms with Gasteiger partial charge in [-0.3, -0.25) is 0 Å². The van der Waals surface area contributed by atoms with E-state index < -0.39 is 0 Å². The normalized spacial score (nSPS) is 21.4. The van der Waals surface area contributed by atoms with Gasteiger partial charge in [0.25, 0.3) is 0 Å². The number of nitrogens with zero attached hydrogens (tertiary/aromatic N) is 2. The van der Waals surface area contributed by atoms with Gasteiger partial charge < -0.3 is 10.2 Å². The molecule has 3 heteroatoms. The van der Waals surface area contributed by atoms with Crippen molar-refractivity contribution >= 4 is 0 Å². The lowest BCUT2D eigenvalue weighted by atomic mass is 10.00. The van der Waals surface area contributed by atoms with Crippen LogP contribution in [0, 0.1) is 17.2 Å². The van der Waals surface area contributed by atoms with Crippen molar-refractivity contribution < 1.29 is 0 Å². The number of nitrogens with one attached hydrogen (secondary N) is 1. The minimum atomic E-state index is 0.496. The molecule has 2 atom stereocenters. The molecule has 1 aliphatic rings. The van der Waals surface area contributed by atoms with Crippen LogP contribution >= 0.6 is 0 Å². The Morgan fingerprint density at radius 1 is 1.40 bits per heavy atom. The Morgan fingerprint density at radius 2 is 2.15 bits per heavy atom. The number of likely N-dealkylation sites (tertiary alicyclic amines) is 1. The molecular formula is C17H25N3. The van der Waals surface area contributed by atoms with Gasteiger partial charge in [0, 0.05) is 25.7 Å². The van der Waals surface area contributed by atoms with Gasteiger partial charge in [-0.05, 0) is 49.9 Å². The Labute approximate surface area is 122 Å². The molecule has 2 rings (SSSR count). The van der Waals surface area contributed by atoms with Gasteiger partial charge in [-0.25, -0.2) is 0 Å². The van der Waals surface area contributed by atoms with Gasteiger partial charge in [0.05, 0.1) is 11.6 Å². The van der Waals surface area contributed by atoms with Crippen molar-refractivity contribution in [2.45, 2.75) is 39.3 Å². The Kier molecular flexibility index (Phi) is 5.58. The van der Waals surface area contributed by atoms with E-state index in [4.69, 9.17) is 5.26 Å². The number of nitriles is 1. The molecule has 1 fully saturated rings. The first-order valence-electron chi connectivity index (χ1n) is 7.62. The zero-order valence-corrected chi connectivity index (χ0v) is 12.6. The van der Waals surface area contributed by atoms with Crippen LogP contribution in [0.4, 0.5) is 0 Å². The van der Waals surface area contributed by atoms with Crippen LogP contribution < -0.4 is 5.32 Å². The van der Waals surface area contributed by atoms with Gasteiger partial charge in [-0.2, -0.15) is 5.26 Å². The topological polar surface area (TPSA) is 39.1 Å². The van der Waals surface area contributed by atoms with E-state index >= 15 is 0 Å². The minimum absolute atomic E-state index is 0.496. The molecule has 1 aromatic carbocycles. The van der Waals surface area contributed by atoms with Crippen LogP contribution in [0.2, 0.25) is 0 Å². The summed E-state index contributed by atoms with van der Waals surface area (Å²) >= 11 is 0. The van der Waals surface area contributed by atoms with Crippen molar-refractivity contribution in [3.05, 3.63) is 35.4 Å². The molecule has 3 nitrogen and oxygen atoms in total. The average Bonchev–Trinajstić information content (AvgIpc) is 2.46. The van der Waals surface area contributed by atoms with Gasteiger partial charge in [-0.15, -0.1) is 0 Å². The summed E-state index contributed by atoms with van der Waals surface area (Å²) in [5.41, 5.74) is 1.96. The summed E-state index contributed by atoms with van der Waals surface area (Å²) < 4.78 is 0. The highest BCUT2D eigenvalue weighted by atomic mass is 15.2. The molecule has 0 aromatic heterocycles. The van der Waals surface area contributed by atoms with Crippen molar-refractivity contribution in [1.29, 1.82) is 5.26 Å². The van der Waals surface area contributed by atoms with Crippen LogP contribution in [-0.2, 0) is 6.54 Å². The van der Waals surface area contributed by atoms with E-state index in [0.29, 0.717) is 6.04 Å². The maximum Gasteiger partial charge on any atom is 0.0991 e. The van der Waals surface area contributed by atoms with Crippen molar-refractivity contribution in [2.75, 3.05) is 19.6 Å². The fourth-order valence-electron chi connectivity index (χ4n) is 2.89. The first kappa shape index (κ1) is 15.0. The van der Waals surface area contributed by atoms with Gasteiger partial charge in [0.15, 0.2) is 0 Å². The average molecular weight is 271 g/mol. The second-order valence-electron chi connectivity index (χ2n) is 6.10. The molecule has 0 spiro atoms. The zero-order valence-electron chi connectivity index (χ0n) is 12.6. The molecule has 1 aliphatic heterocycles. The number of benzene rings is 1. The van der Waals surface area contributed by atoms with Crippen LogP contribution in [0.15, 0.2) is 24.3 Å². The van der Waals surface area contributed by atoms with Crippen molar-refractivity contribution in [3.63, 3.8) is 0 Å². The fraction of sp³-hybridized carbons (Fsp3) is 0.588. The van der Waals surface area contributed by atoms with Crippen molar-refractivity contribution in [1.82, 2.24) is 10.2 Å². The summed E-state index contributed by atoms with van der Waals surface area (Å²) in [6.07, 6.45) is 2.72. The van der Waals surface area contributed by atoms with E-state index in [-0.39, 0.29) is 0 Å². The molecule has 0 saturated carbocycles. The molecule has 1 N–H and O–H groups in total. The van der Waals surface area contributed by atoms with Gasteiger partial charge >= 0.3 is 0 Å². The number of hydrogen-bond donors (Lipinski definition) is 1. The number of hydrogen-bond acceptors (Lipinski definition) is 3. The van der Waals surface area contributed by atoms with E-state index in [1.54, 1.807) is 0 Å². The molecule has 108 valence electrons. The lowest BCUT2D eigenvalue weighted by Gasteiger charge is -2.33. The molecule has 0 amide bonds. The highest BCUT2D eigenvalue weighted by molar-refractivity contribution is 5.31. The second-order valence-corrected chi connectivity index (χ2v) is 6.10. The quantitative estimate of drug-likeness (QED) is 0.895. The standard InChI is InChI=1S/C17H25N3/c1-14-4-3-9-20(12-14)13-15(2)19-11-17-7-5-16(10-18)6-8-17/h5-8,14-15,19H,3-4,9,11-13H2,1-2H3. The highest BCUT2D eigenvalue weighted by Gasteiger charge is 2.17. The van der Waals surface area contributed by atoms with Gasteiger partial charge in [0.1, 0.15) is 0 Å². The third-order valence-electron chi connectivity index (χ3n) is 4.01. The van der Waals surface area contributed by atoms with E-state index in [1.807, 2.05) is 24.3 Å². The van der Waals surface area contributed by atoms with E-state index in [0.717, 1.165) is 24.6 Å². The Hall–Kier alpha value is -1.37. The lowest BCUT2D eigenvalue weighted by Crippen LogP contribution is -2.43. The summed E-state index contributed by atoms with van der Waals surface area (Å²) in [4.78, 5) is 2.57. The van der Waals surface area contributed by atoms with Crippen molar-refractivity contribution in [3.8, 4) is 6.07 Å². The second kappa shape index (κ2) is 7.42. The van der Waals surface area contributed by atoms with E-state index in [2.05, 4.69) is 30.1 Å². The maximum atomic E-state index is 8.78. The maximum absolute atomic E-state index is 8.78. The first-order chi connectivity index (χ1) is 9.67. The molecule has 1 aromatic rings. The summed E-state index contributed by atoms with van der Waals surface area (Å²) in [6.45, 7) is 9.08. The zero-order chi connectivity index (χ0) is 14.4. The molecule has 0 aliphatic carbocycles. The number of rotatable bonds is 5. The monoisotopic (exact) mass is 271 g/mol. The van der Waals surface area contributed by atoms with Crippen LogP contribution in [0.5, 0.6) is 0 Å². The van der Waals surface area contributed by atoms with Gasteiger partial charge in [0.2, 0.25) is 0 Å². The summed E-state index contributed by atoms with van der Waals surface area (Å²) in [6, 6.07) is 10.5. The summed E-state index contributed by atoms with van der Waals surface area (Å²) in [5.74, 6) is 0.842. The van der Waals surface area contributed by atoms with E-state index in [9.17, 15) is 0 Å². The summed E-state index contributed by atoms with van der Waals surface area (Å²) in [7, 11) is 0. The molecular weight excluding hydrogens is 246 g/mol. The molecule has 2 unspecified atom stereocenters. The number of piperidine rings is 1. The molecule has 1 heterocycles. The Bertz CT molecular complexity index is 446. The minimum Gasteiger partial charge on any atom is -0.309 e. The fourth-order valence-corrected chi connectivity index (χ4v) is 2.89. The van der Waals surface area contributed by atoms with Crippen LogP contribution in [0.1, 0.15) is 37.8 Å². The van der Waals surface area contributed by atoms with Crippen LogP contribution in [0.25, 0.3) is 0 Å². The van der Waals surface area contributed by atoms with Crippen LogP contribution in [0.3, 0.4) is 0 Å². The SMILES string of the molecule is CC1CCCN(CC(C)NCc2ccc(C#N)cc2)C1. The largest absolute Gasteiger partial charge is 0.309 e. The Morgan fingerprint density at radius 3 is 2.80 bits per heavy atom. The molecule has 20 heavy (non-hydrogen) atoms. The van der Waals surface area contributed by atoms with Gasteiger partial charge in [-0.1, -0.05) is 19.1 Å². The summed E-state index contributed by atoms with van der Waals surface area (Å²) in [5, 5.41) is 12.4. The molecule has 0 bridgehead atoms. The molecule has 0 radical (unpaired) electrons. The van der Waals surface area contributed by atoms with Crippen LogP contribution in [-0.4, -0.2) is 30.6 Å². The van der Waals surface area contributed by atoms with Crippen molar-refractivity contribution in [2.24, 2.45) is 5.92 Å². The Balaban J connectivity index is 1.74. The molecule has 1 saturated heterocycles. The van der Waals surface area contributed by atoms with E-state index in [1.165, 1.54) is 31.5 Å². The predicted molar refractivity (Wildman–Crippen MR) is 82.3 cm³/mol. The smallest absolute Gasteiger partial charge is 0.0991 e.